The zero-order valence-corrected chi connectivity index (χ0v) is 13.8. The van der Waals surface area contributed by atoms with E-state index >= 15 is 0 Å². The molecule has 1 aromatic heterocycles. The number of aromatic nitrogens is 2. The number of halogens is 1. The van der Waals surface area contributed by atoms with Gasteiger partial charge in [-0.2, -0.15) is 10.1 Å². The van der Waals surface area contributed by atoms with E-state index in [0.717, 1.165) is 10.0 Å². The molecule has 0 unspecified atom stereocenters. The summed E-state index contributed by atoms with van der Waals surface area (Å²) in [6, 6.07) is 13.6. The van der Waals surface area contributed by atoms with Gasteiger partial charge in [0.25, 0.3) is 0 Å². The first-order chi connectivity index (χ1) is 11.6. The maximum Gasteiger partial charge on any atom is 0.329 e. The van der Waals surface area contributed by atoms with Gasteiger partial charge in [0.2, 0.25) is 5.82 Å². The second-order valence-corrected chi connectivity index (χ2v) is 5.64. The Balaban J connectivity index is 1.65. The number of amides is 1. The lowest BCUT2D eigenvalue weighted by Crippen LogP contribution is -2.17. The van der Waals surface area contributed by atoms with E-state index in [2.05, 4.69) is 36.6 Å². The number of rotatable bonds is 4. The van der Waals surface area contributed by atoms with E-state index in [1.54, 1.807) is 24.3 Å². The van der Waals surface area contributed by atoms with Gasteiger partial charge in [-0.15, -0.1) is 0 Å². The fourth-order valence-corrected chi connectivity index (χ4v) is 2.07. The van der Waals surface area contributed by atoms with Gasteiger partial charge >= 0.3 is 11.8 Å². The van der Waals surface area contributed by atoms with Crippen molar-refractivity contribution in [3.8, 4) is 17.1 Å². The highest BCUT2D eigenvalue weighted by atomic mass is 79.9. The van der Waals surface area contributed by atoms with Gasteiger partial charge in [-0.25, -0.2) is 5.43 Å². The topological polar surface area (TPSA) is 101 Å². The van der Waals surface area contributed by atoms with Crippen LogP contribution in [0.2, 0.25) is 0 Å². The zero-order chi connectivity index (χ0) is 16.9. The summed E-state index contributed by atoms with van der Waals surface area (Å²) in [6.07, 6.45) is 1.43. The van der Waals surface area contributed by atoms with E-state index in [0.29, 0.717) is 11.4 Å². The number of carbonyl (C=O) groups excluding carboxylic acids is 1. The summed E-state index contributed by atoms with van der Waals surface area (Å²) in [5.74, 6) is -0.325. The highest BCUT2D eigenvalue weighted by Gasteiger charge is 2.15. The lowest BCUT2D eigenvalue weighted by molar-refractivity contribution is 0.0911. The van der Waals surface area contributed by atoms with Crippen molar-refractivity contribution in [2.24, 2.45) is 5.10 Å². The van der Waals surface area contributed by atoms with Crippen molar-refractivity contribution >= 4 is 28.1 Å². The first-order valence-electron chi connectivity index (χ1n) is 6.84. The highest BCUT2D eigenvalue weighted by molar-refractivity contribution is 9.10. The minimum Gasteiger partial charge on any atom is -0.508 e. The Labute approximate surface area is 145 Å². The Kier molecular flexibility index (Phi) is 4.66. The molecule has 0 bridgehead atoms. The van der Waals surface area contributed by atoms with Gasteiger partial charge in [0.05, 0.1) is 6.21 Å². The van der Waals surface area contributed by atoms with E-state index in [1.807, 2.05) is 12.1 Å². The Morgan fingerprint density at radius 3 is 2.58 bits per heavy atom. The number of hydrogen-bond donors (Lipinski definition) is 2. The van der Waals surface area contributed by atoms with E-state index in [-0.39, 0.29) is 11.6 Å². The summed E-state index contributed by atoms with van der Waals surface area (Å²) in [6.45, 7) is 0. The molecule has 0 aliphatic carbocycles. The Hall–Kier alpha value is -3.00. The van der Waals surface area contributed by atoms with Crippen LogP contribution in [0.4, 0.5) is 0 Å². The summed E-state index contributed by atoms with van der Waals surface area (Å²) in [7, 11) is 0. The number of aromatic hydroxyl groups is 1. The number of benzene rings is 2. The van der Waals surface area contributed by atoms with Crippen molar-refractivity contribution in [3.63, 3.8) is 0 Å². The van der Waals surface area contributed by atoms with Crippen molar-refractivity contribution in [2.75, 3.05) is 0 Å². The molecule has 7 nitrogen and oxygen atoms in total. The molecule has 8 heteroatoms. The average molecular weight is 387 g/mol. The van der Waals surface area contributed by atoms with Gasteiger partial charge in [-0.1, -0.05) is 21.1 Å². The molecule has 0 saturated heterocycles. The smallest absolute Gasteiger partial charge is 0.329 e. The van der Waals surface area contributed by atoms with Gasteiger partial charge in [0, 0.05) is 10.0 Å². The Morgan fingerprint density at radius 1 is 1.17 bits per heavy atom. The standard InChI is InChI=1S/C16H11BrN4O3/c17-12-5-3-11(4-6-12)14-19-16(24-21-14)15(23)20-18-9-10-1-7-13(22)8-2-10/h1-9,22H,(H,20,23)/b18-9+. The highest BCUT2D eigenvalue weighted by Crippen LogP contribution is 2.18. The van der Waals surface area contributed by atoms with Crippen molar-refractivity contribution in [1.29, 1.82) is 0 Å². The second-order valence-electron chi connectivity index (χ2n) is 4.72. The largest absolute Gasteiger partial charge is 0.508 e. The summed E-state index contributed by atoms with van der Waals surface area (Å²) in [5.41, 5.74) is 3.75. The molecule has 24 heavy (non-hydrogen) atoms. The van der Waals surface area contributed by atoms with Crippen LogP contribution in [0.25, 0.3) is 11.4 Å². The molecular formula is C16H11BrN4O3. The maximum absolute atomic E-state index is 11.9. The molecule has 3 rings (SSSR count). The number of carbonyl (C=O) groups is 1. The molecule has 2 N–H and O–H groups in total. The maximum atomic E-state index is 11.9. The monoisotopic (exact) mass is 386 g/mol. The van der Waals surface area contributed by atoms with Gasteiger partial charge in [0.1, 0.15) is 5.75 Å². The third-order valence-corrected chi connectivity index (χ3v) is 3.52. The van der Waals surface area contributed by atoms with Gasteiger partial charge in [-0.3, -0.25) is 4.79 Å². The molecule has 0 radical (unpaired) electrons. The van der Waals surface area contributed by atoms with Crippen molar-refractivity contribution in [3.05, 3.63) is 64.5 Å². The molecule has 0 atom stereocenters. The molecule has 0 saturated carbocycles. The van der Waals surface area contributed by atoms with Crippen LogP contribution in [0.15, 0.2) is 62.6 Å². The first-order valence-corrected chi connectivity index (χ1v) is 7.63. The van der Waals surface area contributed by atoms with Gasteiger partial charge in [-0.05, 0) is 54.1 Å². The Morgan fingerprint density at radius 2 is 1.88 bits per heavy atom. The summed E-state index contributed by atoms with van der Waals surface area (Å²) >= 11 is 3.34. The fourth-order valence-electron chi connectivity index (χ4n) is 1.81. The minimum atomic E-state index is -0.610. The van der Waals surface area contributed by atoms with Crippen LogP contribution in [0, 0.1) is 0 Å². The number of hydrogen-bond acceptors (Lipinski definition) is 6. The third kappa shape index (κ3) is 3.85. The molecule has 0 fully saturated rings. The molecule has 120 valence electrons. The summed E-state index contributed by atoms with van der Waals surface area (Å²) < 4.78 is 5.86. The van der Waals surface area contributed by atoms with Crippen LogP contribution < -0.4 is 5.43 Å². The van der Waals surface area contributed by atoms with Crippen molar-refractivity contribution < 1.29 is 14.4 Å². The van der Waals surface area contributed by atoms with Crippen molar-refractivity contribution in [2.45, 2.75) is 0 Å². The second kappa shape index (κ2) is 7.05. The molecule has 0 aliphatic rings. The first kappa shape index (κ1) is 15.9. The predicted molar refractivity (Wildman–Crippen MR) is 90.6 cm³/mol. The molecule has 0 spiro atoms. The minimum absolute atomic E-state index is 0.155. The lowest BCUT2D eigenvalue weighted by atomic mass is 10.2. The molecule has 3 aromatic rings. The Bertz CT molecular complexity index is 873. The number of phenolic OH excluding ortho intramolecular Hbond substituents is 1. The fraction of sp³-hybridized carbons (Fsp3) is 0. The van der Waals surface area contributed by atoms with E-state index < -0.39 is 5.91 Å². The van der Waals surface area contributed by atoms with Gasteiger partial charge < -0.3 is 9.63 Å². The molecule has 2 aromatic carbocycles. The van der Waals surface area contributed by atoms with Crippen LogP contribution >= 0.6 is 15.9 Å². The quantitative estimate of drug-likeness (QED) is 0.530. The van der Waals surface area contributed by atoms with Crippen LogP contribution in [-0.2, 0) is 0 Å². The summed E-state index contributed by atoms with van der Waals surface area (Å²) in [4.78, 5) is 16.0. The van der Waals surface area contributed by atoms with Crippen LogP contribution in [0.3, 0.4) is 0 Å². The van der Waals surface area contributed by atoms with Crippen LogP contribution in [-0.4, -0.2) is 27.4 Å². The molecule has 1 heterocycles. The number of nitrogens with one attached hydrogen (secondary N) is 1. The third-order valence-electron chi connectivity index (χ3n) is 3.00. The number of hydrazone groups is 1. The summed E-state index contributed by atoms with van der Waals surface area (Å²) in [5, 5.41) is 16.8. The normalized spacial score (nSPS) is 10.9. The van der Waals surface area contributed by atoms with Crippen molar-refractivity contribution in [1.82, 2.24) is 15.6 Å². The average Bonchev–Trinajstić information content (AvgIpc) is 3.07. The predicted octanol–water partition coefficient (Wildman–Crippen LogP) is 2.97. The molecule has 0 aliphatic heterocycles. The van der Waals surface area contributed by atoms with E-state index in [4.69, 9.17) is 4.52 Å². The molecule has 1 amide bonds. The number of nitrogens with zero attached hydrogens (tertiary/aromatic N) is 3. The number of phenols is 1. The van der Waals surface area contributed by atoms with Gasteiger partial charge in [0.15, 0.2) is 0 Å². The molecular weight excluding hydrogens is 376 g/mol. The van der Waals surface area contributed by atoms with Crippen LogP contribution in [0.1, 0.15) is 16.2 Å². The van der Waals surface area contributed by atoms with Crippen LogP contribution in [0.5, 0.6) is 5.75 Å². The zero-order valence-electron chi connectivity index (χ0n) is 12.2. The lowest BCUT2D eigenvalue weighted by Gasteiger charge is -1.95. The van der Waals surface area contributed by atoms with E-state index in [1.165, 1.54) is 18.3 Å². The SMILES string of the molecule is O=C(N/N=C/c1ccc(O)cc1)c1nc(-c2ccc(Br)cc2)no1. The van der Waals surface area contributed by atoms with E-state index in [9.17, 15) is 9.90 Å².